The van der Waals surface area contributed by atoms with Crippen LogP contribution in [0.5, 0.6) is 0 Å². The first-order valence-electron chi connectivity index (χ1n) is 6.26. The van der Waals surface area contributed by atoms with Crippen LogP contribution in [0.15, 0.2) is 33.6 Å². The van der Waals surface area contributed by atoms with E-state index in [1.807, 2.05) is 19.1 Å². The van der Waals surface area contributed by atoms with Crippen LogP contribution >= 0.6 is 40.1 Å². The van der Waals surface area contributed by atoms with Gasteiger partial charge in [0.1, 0.15) is 0 Å². The van der Waals surface area contributed by atoms with E-state index in [1.54, 1.807) is 11.8 Å². The Labute approximate surface area is 140 Å². The first-order chi connectivity index (χ1) is 8.84. The largest absolute Gasteiger partial charge is 0.354 e. The number of hydrogen-bond donors (Lipinski definition) is 2. The Morgan fingerprint density at radius 3 is 2.45 bits per heavy atom. The molecule has 114 valence electrons. The number of carbonyl (C=O) groups excluding carboxylic acids is 1. The van der Waals surface area contributed by atoms with Crippen LogP contribution in [0, 0.1) is 5.92 Å². The average molecular weight is 382 g/mol. The molecule has 1 amide bonds. The van der Waals surface area contributed by atoms with Gasteiger partial charge in [-0.05, 0) is 38.1 Å². The van der Waals surface area contributed by atoms with Crippen molar-refractivity contribution in [2.24, 2.45) is 11.7 Å². The number of halogens is 2. The first-order valence-corrected chi connectivity index (χ1v) is 7.87. The highest BCUT2D eigenvalue weighted by atomic mass is 79.9. The van der Waals surface area contributed by atoms with Gasteiger partial charge >= 0.3 is 0 Å². The van der Waals surface area contributed by atoms with E-state index < -0.39 is 0 Å². The highest BCUT2D eigenvalue weighted by Gasteiger charge is 2.21. The molecule has 3 nitrogen and oxygen atoms in total. The fourth-order valence-corrected chi connectivity index (χ4v) is 2.76. The molecule has 1 unspecified atom stereocenters. The zero-order valence-corrected chi connectivity index (χ0v) is 15.2. The van der Waals surface area contributed by atoms with E-state index in [4.69, 9.17) is 5.73 Å². The number of rotatable bonds is 6. The average Bonchev–Trinajstić information content (AvgIpc) is 2.37. The Hall–Kier alpha value is -0.230. The molecule has 0 spiro atoms. The Morgan fingerprint density at radius 1 is 1.40 bits per heavy atom. The van der Waals surface area contributed by atoms with Gasteiger partial charge in [-0.25, -0.2) is 0 Å². The van der Waals surface area contributed by atoms with Gasteiger partial charge in [-0.2, -0.15) is 0 Å². The minimum Gasteiger partial charge on any atom is -0.354 e. The number of hydrogen-bond acceptors (Lipinski definition) is 3. The van der Waals surface area contributed by atoms with Crippen LogP contribution in [-0.4, -0.2) is 23.7 Å². The number of thioether (sulfide) groups is 1. The summed E-state index contributed by atoms with van der Waals surface area (Å²) in [5, 5.41) is 2.96. The van der Waals surface area contributed by atoms with Crippen molar-refractivity contribution in [2.75, 3.05) is 13.1 Å². The van der Waals surface area contributed by atoms with Crippen LogP contribution in [0.4, 0.5) is 0 Å². The van der Waals surface area contributed by atoms with E-state index in [1.165, 1.54) is 4.90 Å². The quantitative estimate of drug-likeness (QED) is 0.742. The molecule has 0 fully saturated rings. The van der Waals surface area contributed by atoms with Gasteiger partial charge < -0.3 is 11.1 Å². The van der Waals surface area contributed by atoms with Crippen molar-refractivity contribution in [2.45, 2.75) is 30.4 Å². The molecule has 0 aliphatic heterocycles. The summed E-state index contributed by atoms with van der Waals surface area (Å²) in [5.74, 6) is -0.111. The molecule has 0 saturated heterocycles. The fourth-order valence-electron chi connectivity index (χ4n) is 1.44. The molecule has 3 N–H and O–H groups in total. The van der Waals surface area contributed by atoms with Gasteiger partial charge in [-0.15, -0.1) is 24.2 Å². The van der Waals surface area contributed by atoms with Gasteiger partial charge in [0.15, 0.2) is 0 Å². The lowest BCUT2D eigenvalue weighted by Crippen LogP contribution is -2.40. The molecule has 0 saturated carbocycles. The number of amides is 1. The van der Waals surface area contributed by atoms with E-state index >= 15 is 0 Å². The van der Waals surface area contributed by atoms with Gasteiger partial charge in [-0.1, -0.05) is 22.9 Å². The van der Waals surface area contributed by atoms with Gasteiger partial charge in [0, 0.05) is 33.1 Å². The predicted octanol–water partition coefficient (Wildman–Crippen LogP) is 3.45. The summed E-state index contributed by atoms with van der Waals surface area (Å²) >= 11 is 5.17. The van der Waals surface area contributed by atoms with E-state index in [0.29, 0.717) is 13.1 Å². The molecule has 1 aromatic rings. The summed E-state index contributed by atoms with van der Waals surface area (Å²) in [5.41, 5.74) is 5.48. The maximum absolute atomic E-state index is 11.7. The Balaban J connectivity index is 0.00000361. The predicted molar refractivity (Wildman–Crippen MR) is 92.6 cm³/mol. The summed E-state index contributed by atoms with van der Waals surface area (Å²) in [6.45, 7) is 7.08. The van der Waals surface area contributed by atoms with Crippen LogP contribution in [0.25, 0.3) is 0 Å². The normalized spacial score (nSPS) is 12.4. The third kappa shape index (κ3) is 6.97. The molecular weight excluding hydrogens is 360 g/mol. The standard InChI is InChI=1S/C14H21BrN2OS.ClH/c1-10(8-16)13(18)17-9-14(2,3)19-12-6-4-11(15)5-7-12;/h4-7,10H,8-9,16H2,1-3H3,(H,17,18);1H. The van der Waals surface area contributed by atoms with Crippen molar-refractivity contribution >= 4 is 46.0 Å². The maximum Gasteiger partial charge on any atom is 0.224 e. The van der Waals surface area contributed by atoms with Gasteiger partial charge in [0.05, 0.1) is 0 Å². The third-order valence-electron chi connectivity index (χ3n) is 2.70. The molecule has 0 radical (unpaired) electrons. The van der Waals surface area contributed by atoms with Crippen LogP contribution < -0.4 is 11.1 Å². The first kappa shape index (κ1) is 19.8. The monoisotopic (exact) mass is 380 g/mol. The van der Waals surface area contributed by atoms with Crippen molar-refractivity contribution in [3.05, 3.63) is 28.7 Å². The second-order valence-corrected chi connectivity index (χ2v) is 7.87. The zero-order chi connectivity index (χ0) is 14.5. The summed E-state index contributed by atoms with van der Waals surface area (Å²) in [4.78, 5) is 12.9. The number of benzene rings is 1. The SMILES string of the molecule is CC(CN)C(=O)NCC(C)(C)Sc1ccc(Br)cc1.Cl. The van der Waals surface area contributed by atoms with Crippen molar-refractivity contribution in [3.8, 4) is 0 Å². The number of carbonyl (C=O) groups is 1. The molecule has 0 bridgehead atoms. The van der Waals surface area contributed by atoms with E-state index in [2.05, 4.69) is 47.2 Å². The van der Waals surface area contributed by atoms with E-state index in [0.717, 1.165) is 4.47 Å². The molecule has 1 atom stereocenters. The van der Waals surface area contributed by atoms with E-state index in [9.17, 15) is 4.79 Å². The molecule has 1 rings (SSSR count). The van der Waals surface area contributed by atoms with Crippen LogP contribution in [0.1, 0.15) is 20.8 Å². The lowest BCUT2D eigenvalue weighted by molar-refractivity contribution is -0.124. The molecule has 0 aromatic heterocycles. The summed E-state index contributed by atoms with van der Waals surface area (Å²) in [6.07, 6.45) is 0. The second kappa shape index (κ2) is 8.93. The zero-order valence-electron chi connectivity index (χ0n) is 12.0. The third-order valence-corrected chi connectivity index (χ3v) is 4.43. The highest BCUT2D eigenvalue weighted by Crippen LogP contribution is 2.32. The molecular formula is C14H22BrClN2OS. The fraction of sp³-hybridized carbons (Fsp3) is 0.500. The second-order valence-electron chi connectivity index (χ2n) is 5.17. The molecule has 0 aliphatic rings. The van der Waals surface area contributed by atoms with Gasteiger partial charge in [0.2, 0.25) is 5.91 Å². The summed E-state index contributed by atoms with van der Waals surface area (Å²) in [7, 11) is 0. The van der Waals surface area contributed by atoms with Crippen molar-refractivity contribution in [3.63, 3.8) is 0 Å². The number of nitrogens with two attached hydrogens (primary N) is 1. The van der Waals surface area contributed by atoms with Crippen molar-refractivity contribution in [1.29, 1.82) is 0 Å². The van der Waals surface area contributed by atoms with Gasteiger partial charge in [0.25, 0.3) is 0 Å². The van der Waals surface area contributed by atoms with Crippen molar-refractivity contribution < 1.29 is 4.79 Å². The lowest BCUT2D eigenvalue weighted by Gasteiger charge is -2.25. The summed E-state index contributed by atoms with van der Waals surface area (Å²) < 4.78 is 1.01. The molecule has 6 heteroatoms. The Bertz CT molecular complexity index is 426. The van der Waals surface area contributed by atoms with Crippen LogP contribution in [0.3, 0.4) is 0 Å². The summed E-state index contributed by atoms with van der Waals surface area (Å²) in [6, 6.07) is 8.18. The van der Waals surface area contributed by atoms with Crippen molar-refractivity contribution in [1.82, 2.24) is 5.32 Å². The Kier molecular flexibility index (Phi) is 8.82. The highest BCUT2D eigenvalue weighted by molar-refractivity contribution is 9.10. The molecule has 1 aromatic carbocycles. The smallest absolute Gasteiger partial charge is 0.224 e. The number of nitrogens with one attached hydrogen (secondary N) is 1. The maximum atomic E-state index is 11.7. The topological polar surface area (TPSA) is 55.1 Å². The van der Waals surface area contributed by atoms with Crippen LogP contribution in [-0.2, 0) is 4.79 Å². The van der Waals surface area contributed by atoms with E-state index in [-0.39, 0.29) is 29.0 Å². The van der Waals surface area contributed by atoms with Gasteiger partial charge in [-0.3, -0.25) is 4.79 Å². The minimum absolute atomic E-state index is 0. The molecule has 20 heavy (non-hydrogen) atoms. The minimum atomic E-state index is -0.131. The molecule has 0 heterocycles. The molecule has 0 aliphatic carbocycles. The lowest BCUT2D eigenvalue weighted by atomic mass is 10.1. The Morgan fingerprint density at radius 2 is 1.95 bits per heavy atom. The van der Waals surface area contributed by atoms with Crippen LogP contribution in [0.2, 0.25) is 0 Å².